The lowest BCUT2D eigenvalue weighted by atomic mass is 10.0. The number of phenolic OH excluding ortho intramolecular Hbond substituents is 2. The van der Waals surface area contributed by atoms with E-state index in [9.17, 15) is 10.2 Å². The molecule has 4 rings (SSSR count). The molecular formula is C29H31N3O2. The minimum atomic E-state index is 0.136. The zero-order valence-corrected chi connectivity index (χ0v) is 20.3. The molecular weight excluding hydrogens is 422 g/mol. The molecule has 0 atom stereocenters. The number of nitrogens with zero attached hydrogens (tertiary/aromatic N) is 3. The number of aryl methyl sites for hydroxylation is 4. The van der Waals surface area contributed by atoms with Crippen LogP contribution in [-0.2, 0) is 12.8 Å². The van der Waals surface area contributed by atoms with Crippen LogP contribution in [0, 0.1) is 13.8 Å². The van der Waals surface area contributed by atoms with E-state index in [1.165, 1.54) is 0 Å². The van der Waals surface area contributed by atoms with Crippen LogP contribution in [0.5, 0.6) is 11.5 Å². The first-order valence-corrected chi connectivity index (χ1v) is 11.9. The Morgan fingerprint density at radius 3 is 1.44 bits per heavy atom. The fourth-order valence-electron chi connectivity index (χ4n) is 4.27. The highest BCUT2D eigenvalue weighted by Gasteiger charge is 2.17. The van der Waals surface area contributed by atoms with Crippen LogP contribution in [0.25, 0.3) is 34.2 Å². The van der Waals surface area contributed by atoms with Gasteiger partial charge in [-0.3, -0.25) is 0 Å². The van der Waals surface area contributed by atoms with Crippen molar-refractivity contribution in [2.24, 2.45) is 0 Å². The maximum Gasteiger partial charge on any atom is 0.167 e. The average molecular weight is 454 g/mol. The number of hydrogen-bond acceptors (Lipinski definition) is 5. The molecule has 0 amide bonds. The Labute approximate surface area is 201 Å². The summed E-state index contributed by atoms with van der Waals surface area (Å²) in [6.07, 6.45) is 3.78. The molecule has 0 aliphatic heterocycles. The molecule has 3 aromatic carbocycles. The van der Waals surface area contributed by atoms with E-state index < -0.39 is 0 Å². The Balaban J connectivity index is 1.90. The van der Waals surface area contributed by atoms with Crippen molar-refractivity contribution in [2.45, 2.75) is 53.4 Å². The lowest BCUT2D eigenvalue weighted by Crippen LogP contribution is -2.01. The smallest absolute Gasteiger partial charge is 0.167 e. The van der Waals surface area contributed by atoms with Gasteiger partial charge >= 0.3 is 0 Å². The lowest BCUT2D eigenvalue weighted by molar-refractivity contribution is 0.476. The molecule has 1 aromatic heterocycles. The van der Waals surface area contributed by atoms with Crippen molar-refractivity contribution in [3.8, 4) is 45.7 Å². The van der Waals surface area contributed by atoms with Crippen LogP contribution in [0.2, 0.25) is 0 Å². The summed E-state index contributed by atoms with van der Waals surface area (Å²) in [4.78, 5) is 14.1. The van der Waals surface area contributed by atoms with E-state index in [0.717, 1.165) is 53.5 Å². The zero-order chi connectivity index (χ0) is 24.2. The van der Waals surface area contributed by atoms with Gasteiger partial charge in [-0.1, -0.05) is 56.0 Å². The van der Waals surface area contributed by atoms with Gasteiger partial charge in [-0.25, -0.2) is 15.0 Å². The van der Waals surface area contributed by atoms with Crippen LogP contribution in [0.4, 0.5) is 0 Å². The predicted octanol–water partition coefficient (Wildman–Crippen LogP) is 6.81. The minimum Gasteiger partial charge on any atom is -0.507 e. The monoisotopic (exact) mass is 453 g/mol. The second-order valence-electron chi connectivity index (χ2n) is 8.89. The molecule has 34 heavy (non-hydrogen) atoms. The molecule has 0 radical (unpaired) electrons. The summed E-state index contributed by atoms with van der Waals surface area (Å²) in [5, 5.41) is 21.6. The van der Waals surface area contributed by atoms with Gasteiger partial charge in [0.25, 0.3) is 0 Å². The van der Waals surface area contributed by atoms with E-state index in [2.05, 4.69) is 24.9 Å². The van der Waals surface area contributed by atoms with E-state index in [0.29, 0.717) is 28.6 Å². The largest absolute Gasteiger partial charge is 0.507 e. The summed E-state index contributed by atoms with van der Waals surface area (Å²) >= 11 is 0. The summed E-state index contributed by atoms with van der Waals surface area (Å²) in [5.41, 5.74) is 6.29. The van der Waals surface area contributed by atoms with Crippen molar-refractivity contribution in [2.75, 3.05) is 0 Å². The third-order valence-corrected chi connectivity index (χ3v) is 5.80. The van der Waals surface area contributed by atoms with Gasteiger partial charge in [-0.05, 0) is 74.2 Å². The van der Waals surface area contributed by atoms with Crippen molar-refractivity contribution < 1.29 is 10.2 Å². The highest BCUT2D eigenvalue weighted by atomic mass is 16.3. The maximum absolute atomic E-state index is 10.8. The van der Waals surface area contributed by atoms with Crippen molar-refractivity contribution in [3.63, 3.8) is 0 Å². The topological polar surface area (TPSA) is 79.1 Å². The SMILES string of the molecule is CCCc1ccc(-c2nc(-c3cc(C)cc(C)c3)nc(-c3ccc(CCC)cc3O)n2)c(O)c1. The molecule has 5 heteroatoms. The average Bonchev–Trinajstić information content (AvgIpc) is 2.79. The summed E-state index contributed by atoms with van der Waals surface area (Å²) in [5.74, 6) is 1.52. The lowest BCUT2D eigenvalue weighted by Gasteiger charge is -2.12. The van der Waals surface area contributed by atoms with E-state index in [4.69, 9.17) is 9.97 Å². The van der Waals surface area contributed by atoms with Gasteiger partial charge < -0.3 is 10.2 Å². The molecule has 0 aliphatic rings. The van der Waals surface area contributed by atoms with Crippen LogP contribution < -0.4 is 0 Å². The first-order valence-electron chi connectivity index (χ1n) is 11.9. The zero-order valence-electron chi connectivity index (χ0n) is 20.3. The quantitative estimate of drug-likeness (QED) is 0.321. The van der Waals surface area contributed by atoms with E-state index >= 15 is 0 Å². The Kier molecular flexibility index (Phi) is 6.92. The molecule has 0 bridgehead atoms. The molecule has 174 valence electrons. The summed E-state index contributed by atoms with van der Waals surface area (Å²) in [7, 11) is 0. The Hall–Kier alpha value is -3.73. The normalized spacial score (nSPS) is 11.1. The predicted molar refractivity (Wildman–Crippen MR) is 137 cm³/mol. The number of aromatic nitrogens is 3. The first-order chi connectivity index (χ1) is 16.4. The number of aromatic hydroxyl groups is 2. The molecule has 0 aliphatic carbocycles. The van der Waals surface area contributed by atoms with Gasteiger partial charge in [0.1, 0.15) is 11.5 Å². The van der Waals surface area contributed by atoms with Gasteiger partial charge in [0, 0.05) is 5.56 Å². The number of benzene rings is 3. The van der Waals surface area contributed by atoms with Crippen molar-refractivity contribution >= 4 is 0 Å². The number of hydrogen-bond donors (Lipinski definition) is 2. The van der Waals surface area contributed by atoms with Crippen molar-refractivity contribution in [1.29, 1.82) is 0 Å². The summed E-state index contributed by atoms with van der Waals surface area (Å²) in [6.45, 7) is 8.29. The first kappa shape index (κ1) is 23.4. The molecule has 0 saturated carbocycles. The second-order valence-corrected chi connectivity index (χ2v) is 8.89. The van der Waals surface area contributed by atoms with Crippen LogP contribution >= 0.6 is 0 Å². The van der Waals surface area contributed by atoms with E-state index in [-0.39, 0.29) is 11.5 Å². The van der Waals surface area contributed by atoms with Gasteiger partial charge in [-0.2, -0.15) is 0 Å². The second kappa shape index (κ2) is 10.0. The van der Waals surface area contributed by atoms with Crippen molar-refractivity contribution in [3.05, 3.63) is 76.9 Å². The fraction of sp³-hybridized carbons (Fsp3) is 0.276. The molecule has 0 fully saturated rings. The van der Waals surface area contributed by atoms with Crippen LogP contribution in [-0.4, -0.2) is 25.2 Å². The summed E-state index contributed by atoms with van der Waals surface area (Å²) < 4.78 is 0. The molecule has 0 saturated heterocycles. The van der Waals surface area contributed by atoms with E-state index in [1.54, 1.807) is 12.1 Å². The molecule has 0 spiro atoms. The van der Waals surface area contributed by atoms with E-state index in [1.807, 2.05) is 50.2 Å². The number of phenols is 2. The molecule has 0 unspecified atom stereocenters. The molecule has 2 N–H and O–H groups in total. The highest BCUT2D eigenvalue weighted by Crippen LogP contribution is 2.34. The van der Waals surface area contributed by atoms with Gasteiger partial charge in [0.05, 0.1) is 11.1 Å². The van der Waals surface area contributed by atoms with Gasteiger partial charge in [0.2, 0.25) is 0 Å². The molecule has 1 heterocycles. The Bertz CT molecular complexity index is 1240. The number of rotatable bonds is 7. The van der Waals surface area contributed by atoms with Gasteiger partial charge in [-0.15, -0.1) is 0 Å². The molecule has 4 aromatic rings. The molecule has 5 nitrogen and oxygen atoms in total. The third kappa shape index (κ3) is 5.09. The van der Waals surface area contributed by atoms with Gasteiger partial charge in [0.15, 0.2) is 17.5 Å². The minimum absolute atomic E-state index is 0.136. The fourth-order valence-corrected chi connectivity index (χ4v) is 4.27. The summed E-state index contributed by atoms with van der Waals surface area (Å²) in [6, 6.07) is 17.4. The maximum atomic E-state index is 10.8. The van der Waals surface area contributed by atoms with Crippen molar-refractivity contribution in [1.82, 2.24) is 15.0 Å². The highest BCUT2D eigenvalue weighted by molar-refractivity contribution is 5.72. The van der Waals surface area contributed by atoms with Crippen LogP contribution in [0.1, 0.15) is 48.9 Å². The third-order valence-electron chi connectivity index (χ3n) is 5.80. The van der Waals surface area contributed by atoms with Crippen LogP contribution in [0.3, 0.4) is 0 Å². The standard InChI is InChI=1S/C29H31N3O2/c1-5-7-20-9-11-23(25(33)16-20)28-30-27(22-14-18(3)13-19(4)15-22)31-29(32-28)24-12-10-21(8-6-2)17-26(24)34/h9-17,33-34H,5-8H2,1-4H3. The Morgan fingerprint density at radius 2 is 1.03 bits per heavy atom. The van der Waals surface area contributed by atoms with Crippen LogP contribution in [0.15, 0.2) is 54.6 Å². The Morgan fingerprint density at radius 1 is 0.588 bits per heavy atom.